The van der Waals surface area contributed by atoms with Gasteiger partial charge in [0, 0.05) is 23.5 Å². The maximum atomic E-state index is 13.2. The minimum Gasteiger partial charge on any atom is -0.336 e. The summed E-state index contributed by atoms with van der Waals surface area (Å²) in [6.07, 6.45) is 4.22. The lowest BCUT2D eigenvalue weighted by molar-refractivity contribution is 0.0609. The quantitative estimate of drug-likeness (QED) is 0.781. The van der Waals surface area contributed by atoms with Crippen LogP contribution in [-0.4, -0.2) is 28.7 Å². The topological polar surface area (TPSA) is 20.3 Å². The van der Waals surface area contributed by atoms with Crippen LogP contribution in [0, 0.1) is 5.82 Å². The molecule has 0 aromatic heterocycles. The molecule has 2 rings (SSSR count). The normalized spacial score (nSPS) is 19.9. The van der Waals surface area contributed by atoms with E-state index in [9.17, 15) is 9.18 Å². The number of nitrogens with zero attached hydrogens (tertiary/aromatic N) is 1. The van der Waals surface area contributed by atoms with Crippen molar-refractivity contribution in [3.05, 3.63) is 35.6 Å². The monoisotopic (exact) mass is 313 g/mol. The van der Waals surface area contributed by atoms with E-state index in [4.69, 9.17) is 0 Å². The van der Waals surface area contributed by atoms with Crippen LogP contribution in [0.15, 0.2) is 24.3 Å². The molecule has 1 heterocycles. The summed E-state index contributed by atoms with van der Waals surface area (Å²) in [6, 6.07) is 6.25. The predicted octanol–water partition coefficient (Wildman–Crippen LogP) is 3.61. The number of hydrogen-bond acceptors (Lipinski definition) is 1. The molecule has 1 atom stereocenters. The first-order valence-electron chi connectivity index (χ1n) is 6.35. The molecule has 4 heteroatoms. The van der Waals surface area contributed by atoms with Crippen LogP contribution in [0.25, 0.3) is 0 Å². The molecule has 0 spiro atoms. The average molecular weight is 314 g/mol. The predicted molar refractivity (Wildman–Crippen MR) is 73.5 cm³/mol. The van der Waals surface area contributed by atoms with Crippen molar-refractivity contribution in [2.24, 2.45) is 0 Å². The highest BCUT2D eigenvalue weighted by atomic mass is 79.9. The molecule has 0 N–H and O–H groups in total. The second kappa shape index (κ2) is 6.32. The summed E-state index contributed by atoms with van der Waals surface area (Å²) in [4.78, 5) is 14.3. The average Bonchev–Trinajstić information content (AvgIpc) is 2.39. The minimum atomic E-state index is -0.352. The zero-order valence-corrected chi connectivity index (χ0v) is 11.8. The highest BCUT2D eigenvalue weighted by Crippen LogP contribution is 2.22. The fourth-order valence-electron chi connectivity index (χ4n) is 2.48. The maximum Gasteiger partial charge on any atom is 0.254 e. The Morgan fingerprint density at radius 3 is 3.00 bits per heavy atom. The second-order valence-electron chi connectivity index (χ2n) is 4.64. The van der Waals surface area contributed by atoms with Crippen LogP contribution >= 0.6 is 15.9 Å². The SMILES string of the molecule is O=C(c1cccc(F)c1)N1CCCCC1CCBr. The van der Waals surface area contributed by atoms with Gasteiger partial charge >= 0.3 is 0 Å². The van der Waals surface area contributed by atoms with Crippen molar-refractivity contribution in [3.63, 3.8) is 0 Å². The van der Waals surface area contributed by atoms with Crippen LogP contribution < -0.4 is 0 Å². The number of piperidine rings is 1. The van der Waals surface area contributed by atoms with Gasteiger partial charge in [0.2, 0.25) is 0 Å². The van der Waals surface area contributed by atoms with Crippen LogP contribution in [0.3, 0.4) is 0 Å². The van der Waals surface area contributed by atoms with Crippen LogP contribution in [0.5, 0.6) is 0 Å². The summed E-state index contributed by atoms with van der Waals surface area (Å²) in [7, 11) is 0. The van der Waals surface area contributed by atoms with Crippen LogP contribution in [-0.2, 0) is 0 Å². The van der Waals surface area contributed by atoms with Crippen molar-refractivity contribution in [1.29, 1.82) is 0 Å². The molecule has 1 aliphatic heterocycles. The number of alkyl halides is 1. The lowest BCUT2D eigenvalue weighted by atomic mass is 9.99. The second-order valence-corrected chi connectivity index (χ2v) is 5.43. The van der Waals surface area contributed by atoms with Gasteiger partial charge in [-0.15, -0.1) is 0 Å². The van der Waals surface area contributed by atoms with Crippen LogP contribution in [0.1, 0.15) is 36.0 Å². The smallest absolute Gasteiger partial charge is 0.254 e. The Bertz CT molecular complexity index is 422. The van der Waals surface area contributed by atoms with Crippen molar-refractivity contribution >= 4 is 21.8 Å². The Morgan fingerprint density at radius 1 is 1.44 bits per heavy atom. The number of carbonyl (C=O) groups is 1. The molecule has 1 amide bonds. The van der Waals surface area contributed by atoms with Gasteiger partial charge in [-0.2, -0.15) is 0 Å². The van der Waals surface area contributed by atoms with E-state index >= 15 is 0 Å². The Balaban J connectivity index is 2.15. The number of carbonyl (C=O) groups excluding carboxylic acids is 1. The third kappa shape index (κ3) is 3.10. The van der Waals surface area contributed by atoms with E-state index in [2.05, 4.69) is 15.9 Å². The molecule has 1 saturated heterocycles. The lowest BCUT2D eigenvalue weighted by Crippen LogP contribution is -2.43. The van der Waals surface area contributed by atoms with Gasteiger partial charge in [-0.1, -0.05) is 22.0 Å². The standard InChI is InChI=1S/C14H17BrFNO/c15-8-7-13-6-1-2-9-17(13)14(18)11-4-3-5-12(16)10-11/h3-5,10,13H,1-2,6-9H2. The number of likely N-dealkylation sites (tertiary alicyclic amines) is 1. The first kappa shape index (κ1) is 13.5. The van der Waals surface area contributed by atoms with Gasteiger partial charge in [0.25, 0.3) is 5.91 Å². The zero-order valence-electron chi connectivity index (χ0n) is 10.2. The summed E-state index contributed by atoms with van der Waals surface area (Å²) < 4.78 is 13.2. The van der Waals surface area contributed by atoms with Crippen molar-refractivity contribution in [3.8, 4) is 0 Å². The number of benzene rings is 1. The minimum absolute atomic E-state index is 0.0415. The molecule has 98 valence electrons. The van der Waals surface area contributed by atoms with E-state index in [1.165, 1.54) is 18.6 Å². The van der Waals surface area contributed by atoms with E-state index < -0.39 is 0 Å². The van der Waals surface area contributed by atoms with E-state index in [0.29, 0.717) is 5.56 Å². The van der Waals surface area contributed by atoms with Gasteiger partial charge < -0.3 is 4.90 Å². The van der Waals surface area contributed by atoms with E-state index in [-0.39, 0.29) is 17.8 Å². The molecule has 0 aliphatic carbocycles. The van der Waals surface area contributed by atoms with Gasteiger partial charge in [-0.25, -0.2) is 4.39 Å². The Kier molecular flexibility index (Phi) is 4.75. The Morgan fingerprint density at radius 2 is 2.28 bits per heavy atom. The van der Waals surface area contributed by atoms with E-state index in [1.807, 2.05) is 4.90 Å². The molecule has 1 aliphatic rings. The Labute approximate surface area is 115 Å². The first-order valence-corrected chi connectivity index (χ1v) is 7.47. The third-order valence-electron chi connectivity index (χ3n) is 3.40. The van der Waals surface area contributed by atoms with Gasteiger partial charge in [0.05, 0.1) is 0 Å². The third-order valence-corrected chi connectivity index (χ3v) is 3.86. The van der Waals surface area contributed by atoms with Gasteiger partial charge in [-0.3, -0.25) is 4.79 Å². The van der Waals surface area contributed by atoms with Crippen LogP contribution in [0.4, 0.5) is 4.39 Å². The van der Waals surface area contributed by atoms with Crippen LogP contribution in [0.2, 0.25) is 0 Å². The summed E-state index contributed by atoms with van der Waals surface area (Å²) in [6.45, 7) is 0.785. The van der Waals surface area contributed by atoms with Gasteiger partial charge in [0.1, 0.15) is 5.82 Å². The number of hydrogen-bond donors (Lipinski definition) is 0. The summed E-state index contributed by atoms with van der Waals surface area (Å²) in [5.41, 5.74) is 0.455. The molecule has 0 radical (unpaired) electrons. The summed E-state index contributed by atoms with van der Waals surface area (Å²) in [5, 5.41) is 0.893. The molecular weight excluding hydrogens is 297 g/mol. The fraction of sp³-hybridized carbons (Fsp3) is 0.500. The summed E-state index contributed by atoms with van der Waals surface area (Å²) >= 11 is 3.43. The van der Waals surface area contributed by atoms with E-state index in [1.54, 1.807) is 12.1 Å². The maximum absolute atomic E-state index is 13.2. The molecule has 1 aromatic rings. The largest absolute Gasteiger partial charge is 0.336 e. The fourth-order valence-corrected chi connectivity index (χ4v) is 3.01. The molecule has 18 heavy (non-hydrogen) atoms. The highest BCUT2D eigenvalue weighted by molar-refractivity contribution is 9.09. The molecule has 0 bridgehead atoms. The zero-order chi connectivity index (χ0) is 13.0. The van der Waals surface area contributed by atoms with Crippen molar-refractivity contribution in [2.75, 3.05) is 11.9 Å². The molecule has 1 unspecified atom stereocenters. The first-order chi connectivity index (χ1) is 8.72. The molecule has 1 aromatic carbocycles. The number of amides is 1. The molecule has 2 nitrogen and oxygen atoms in total. The molecular formula is C14H17BrFNO. The summed E-state index contributed by atoms with van der Waals surface area (Å²) in [5.74, 6) is -0.393. The molecule has 1 fully saturated rings. The van der Waals surface area contributed by atoms with Crippen molar-refractivity contribution in [1.82, 2.24) is 4.90 Å². The van der Waals surface area contributed by atoms with E-state index in [0.717, 1.165) is 31.1 Å². The Hall–Kier alpha value is -0.900. The number of rotatable bonds is 3. The van der Waals surface area contributed by atoms with Crippen molar-refractivity contribution in [2.45, 2.75) is 31.7 Å². The van der Waals surface area contributed by atoms with Gasteiger partial charge in [0.15, 0.2) is 0 Å². The van der Waals surface area contributed by atoms with Crippen molar-refractivity contribution < 1.29 is 9.18 Å². The number of halogens is 2. The van der Waals surface area contributed by atoms with Gasteiger partial charge in [-0.05, 0) is 43.9 Å². The lowest BCUT2D eigenvalue weighted by Gasteiger charge is -2.35. The highest BCUT2D eigenvalue weighted by Gasteiger charge is 2.26. The molecule has 0 saturated carbocycles.